The first-order valence-electron chi connectivity index (χ1n) is 6.20. The molecular weight excluding hydrogens is 214 g/mol. The fourth-order valence-electron chi connectivity index (χ4n) is 2.47. The first kappa shape index (κ1) is 11.8. The molecule has 0 aromatic heterocycles. The van der Waals surface area contributed by atoms with Crippen LogP contribution >= 0.6 is 12.6 Å². The van der Waals surface area contributed by atoms with Crippen molar-refractivity contribution in [3.05, 3.63) is 30.3 Å². The molecule has 1 fully saturated rings. The molecule has 1 aliphatic rings. The van der Waals surface area contributed by atoms with E-state index >= 15 is 0 Å². The van der Waals surface area contributed by atoms with Crippen LogP contribution in [0, 0.1) is 5.41 Å². The fourth-order valence-corrected chi connectivity index (χ4v) is 2.89. The summed E-state index contributed by atoms with van der Waals surface area (Å²) in [6.45, 7) is 4.48. The number of rotatable bonds is 5. The second kappa shape index (κ2) is 5.13. The van der Waals surface area contributed by atoms with E-state index in [0.717, 1.165) is 18.8 Å². The molecule has 2 heteroatoms. The van der Waals surface area contributed by atoms with Crippen molar-refractivity contribution in [3.63, 3.8) is 0 Å². The monoisotopic (exact) mass is 235 g/mol. The van der Waals surface area contributed by atoms with Gasteiger partial charge in [0, 0.05) is 18.8 Å². The Morgan fingerprint density at radius 2 is 1.94 bits per heavy atom. The number of hydrogen-bond donors (Lipinski definition) is 1. The molecule has 0 aliphatic heterocycles. The van der Waals surface area contributed by atoms with Crippen molar-refractivity contribution in [2.24, 2.45) is 5.41 Å². The average Bonchev–Trinajstić information content (AvgIpc) is 2.30. The predicted molar refractivity (Wildman–Crippen MR) is 74.5 cm³/mol. The second-order valence-corrected chi connectivity index (χ2v) is 5.18. The van der Waals surface area contributed by atoms with Crippen molar-refractivity contribution in [3.8, 4) is 0 Å². The van der Waals surface area contributed by atoms with Gasteiger partial charge in [-0.15, -0.1) is 0 Å². The van der Waals surface area contributed by atoms with Crippen LogP contribution in [-0.2, 0) is 0 Å². The quantitative estimate of drug-likeness (QED) is 0.763. The van der Waals surface area contributed by atoms with E-state index in [0.29, 0.717) is 5.41 Å². The summed E-state index contributed by atoms with van der Waals surface area (Å²) >= 11 is 4.53. The van der Waals surface area contributed by atoms with Gasteiger partial charge in [-0.05, 0) is 43.1 Å². The number of anilines is 1. The maximum Gasteiger partial charge on any atom is 0.0366 e. The molecule has 0 radical (unpaired) electrons. The molecule has 0 unspecified atom stereocenters. The lowest BCUT2D eigenvalue weighted by atomic mass is 9.70. The van der Waals surface area contributed by atoms with Gasteiger partial charge in [0.1, 0.15) is 0 Å². The standard InChI is InChI=1S/C14H21NS/c1-2-15(13-7-4-3-5-8-13)11-14(12-16)9-6-10-14/h3-5,7-8,16H,2,6,9-12H2,1H3. The highest BCUT2D eigenvalue weighted by Gasteiger charge is 2.36. The Morgan fingerprint density at radius 1 is 1.25 bits per heavy atom. The summed E-state index contributed by atoms with van der Waals surface area (Å²) < 4.78 is 0. The van der Waals surface area contributed by atoms with E-state index in [2.05, 4.69) is 54.8 Å². The summed E-state index contributed by atoms with van der Waals surface area (Å²) in [6, 6.07) is 10.7. The van der Waals surface area contributed by atoms with Crippen LogP contribution in [-0.4, -0.2) is 18.8 Å². The highest BCUT2D eigenvalue weighted by Crippen LogP contribution is 2.43. The van der Waals surface area contributed by atoms with Crippen molar-refractivity contribution in [2.75, 3.05) is 23.7 Å². The Balaban J connectivity index is 2.06. The van der Waals surface area contributed by atoms with Gasteiger partial charge < -0.3 is 4.90 Å². The van der Waals surface area contributed by atoms with Crippen LogP contribution in [0.5, 0.6) is 0 Å². The molecule has 1 aromatic carbocycles. The van der Waals surface area contributed by atoms with E-state index in [1.54, 1.807) is 0 Å². The molecule has 0 bridgehead atoms. The van der Waals surface area contributed by atoms with Crippen molar-refractivity contribution in [1.29, 1.82) is 0 Å². The van der Waals surface area contributed by atoms with Crippen molar-refractivity contribution in [2.45, 2.75) is 26.2 Å². The lowest BCUT2D eigenvalue weighted by Crippen LogP contribution is -2.43. The van der Waals surface area contributed by atoms with E-state index in [4.69, 9.17) is 0 Å². The summed E-state index contributed by atoms with van der Waals surface area (Å²) in [7, 11) is 0. The number of thiol groups is 1. The zero-order valence-corrected chi connectivity index (χ0v) is 10.9. The highest BCUT2D eigenvalue weighted by molar-refractivity contribution is 7.80. The minimum Gasteiger partial charge on any atom is -0.371 e. The maximum absolute atomic E-state index is 4.53. The van der Waals surface area contributed by atoms with Gasteiger partial charge in [-0.3, -0.25) is 0 Å². The third kappa shape index (κ3) is 2.37. The first-order chi connectivity index (χ1) is 7.79. The molecule has 1 aliphatic carbocycles. The van der Waals surface area contributed by atoms with Crippen LogP contribution < -0.4 is 4.90 Å². The van der Waals surface area contributed by atoms with Gasteiger partial charge in [-0.1, -0.05) is 24.6 Å². The Hall–Kier alpha value is -0.630. The summed E-state index contributed by atoms with van der Waals surface area (Å²) in [4.78, 5) is 2.48. The van der Waals surface area contributed by atoms with Gasteiger partial charge in [0.25, 0.3) is 0 Å². The van der Waals surface area contributed by atoms with Crippen molar-refractivity contribution in [1.82, 2.24) is 0 Å². The van der Waals surface area contributed by atoms with Crippen molar-refractivity contribution < 1.29 is 0 Å². The molecular formula is C14H21NS. The zero-order chi connectivity index (χ0) is 11.4. The molecule has 1 nitrogen and oxygen atoms in total. The van der Waals surface area contributed by atoms with E-state index in [1.807, 2.05) is 0 Å². The first-order valence-corrected chi connectivity index (χ1v) is 6.84. The van der Waals surface area contributed by atoms with E-state index < -0.39 is 0 Å². The smallest absolute Gasteiger partial charge is 0.0366 e. The van der Waals surface area contributed by atoms with Crippen LogP contribution in [0.1, 0.15) is 26.2 Å². The van der Waals surface area contributed by atoms with E-state index in [-0.39, 0.29) is 0 Å². The average molecular weight is 235 g/mol. The molecule has 0 atom stereocenters. The summed E-state index contributed by atoms with van der Waals surface area (Å²) in [5.74, 6) is 1.02. The van der Waals surface area contributed by atoms with Crippen LogP contribution in [0.25, 0.3) is 0 Å². The largest absolute Gasteiger partial charge is 0.371 e. The predicted octanol–water partition coefficient (Wildman–Crippen LogP) is 3.61. The van der Waals surface area contributed by atoms with Gasteiger partial charge in [0.2, 0.25) is 0 Å². The van der Waals surface area contributed by atoms with Gasteiger partial charge in [0.05, 0.1) is 0 Å². The van der Waals surface area contributed by atoms with E-state index in [9.17, 15) is 0 Å². The molecule has 0 N–H and O–H groups in total. The highest BCUT2D eigenvalue weighted by atomic mass is 32.1. The Labute approximate surface area is 104 Å². The van der Waals surface area contributed by atoms with Gasteiger partial charge in [0.15, 0.2) is 0 Å². The third-order valence-corrected chi connectivity index (χ3v) is 4.45. The summed E-state index contributed by atoms with van der Waals surface area (Å²) in [5, 5.41) is 0. The minimum absolute atomic E-state index is 0.481. The minimum atomic E-state index is 0.481. The molecule has 88 valence electrons. The Morgan fingerprint density at radius 3 is 2.38 bits per heavy atom. The lowest BCUT2D eigenvalue weighted by Gasteiger charge is -2.44. The van der Waals surface area contributed by atoms with Crippen LogP contribution in [0.4, 0.5) is 5.69 Å². The molecule has 0 amide bonds. The SMILES string of the molecule is CCN(CC1(CS)CCC1)c1ccccc1. The maximum atomic E-state index is 4.53. The van der Waals surface area contributed by atoms with Crippen LogP contribution in [0.3, 0.4) is 0 Å². The van der Waals surface area contributed by atoms with E-state index in [1.165, 1.54) is 24.9 Å². The topological polar surface area (TPSA) is 3.24 Å². The Bertz CT molecular complexity index is 313. The zero-order valence-electron chi connectivity index (χ0n) is 10.0. The number of nitrogens with zero attached hydrogens (tertiary/aromatic N) is 1. The van der Waals surface area contributed by atoms with Gasteiger partial charge >= 0.3 is 0 Å². The molecule has 0 saturated heterocycles. The molecule has 2 rings (SSSR count). The van der Waals surface area contributed by atoms with Crippen LogP contribution in [0.2, 0.25) is 0 Å². The lowest BCUT2D eigenvalue weighted by molar-refractivity contribution is 0.176. The normalized spacial score (nSPS) is 17.9. The Kier molecular flexibility index (Phi) is 3.80. The van der Waals surface area contributed by atoms with Gasteiger partial charge in [-0.25, -0.2) is 0 Å². The molecule has 0 heterocycles. The number of benzene rings is 1. The molecule has 1 saturated carbocycles. The summed E-state index contributed by atoms with van der Waals surface area (Å²) in [5.41, 5.74) is 1.83. The molecule has 1 aromatic rings. The fraction of sp³-hybridized carbons (Fsp3) is 0.571. The van der Waals surface area contributed by atoms with Crippen molar-refractivity contribution >= 4 is 18.3 Å². The second-order valence-electron chi connectivity index (χ2n) is 4.86. The third-order valence-electron chi connectivity index (χ3n) is 3.78. The molecule has 16 heavy (non-hydrogen) atoms. The number of hydrogen-bond acceptors (Lipinski definition) is 2. The summed E-state index contributed by atoms with van der Waals surface area (Å²) in [6.07, 6.45) is 4.08. The van der Waals surface area contributed by atoms with Crippen LogP contribution in [0.15, 0.2) is 30.3 Å². The number of para-hydroxylation sites is 1. The van der Waals surface area contributed by atoms with Gasteiger partial charge in [-0.2, -0.15) is 12.6 Å². The molecule has 0 spiro atoms.